The van der Waals surface area contributed by atoms with Crippen LogP contribution < -0.4 is 10.5 Å². The summed E-state index contributed by atoms with van der Waals surface area (Å²) in [5.41, 5.74) is 9.21. The van der Waals surface area contributed by atoms with Crippen molar-refractivity contribution in [3.8, 4) is 28.3 Å². The second-order valence-corrected chi connectivity index (χ2v) is 5.10. The van der Waals surface area contributed by atoms with Crippen LogP contribution in [0.1, 0.15) is 5.69 Å². The third-order valence-electron chi connectivity index (χ3n) is 3.27. The van der Waals surface area contributed by atoms with Crippen LogP contribution >= 0.6 is 0 Å². The number of aromatic amines is 1. The van der Waals surface area contributed by atoms with Crippen molar-refractivity contribution in [3.63, 3.8) is 0 Å². The van der Waals surface area contributed by atoms with Crippen molar-refractivity contribution in [1.29, 1.82) is 0 Å². The summed E-state index contributed by atoms with van der Waals surface area (Å²) in [5.74, 6) is -0.0786. The van der Waals surface area contributed by atoms with E-state index in [0.29, 0.717) is 17.0 Å². The molecule has 2 heterocycles. The molecule has 0 amide bonds. The van der Waals surface area contributed by atoms with Gasteiger partial charge in [0, 0.05) is 23.0 Å². The van der Waals surface area contributed by atoms with E-state index in [2.05, 4.69) is 19.7 Å². The van der Waals surface area contributed by atoms with Gasteiger partial charge < -0.3 is 15.5 Å². The molecular weight excluding hydrogens is 321 g/mol. The van der Waals surface area contributed by atoms with Crippen LogP contribution in [0.4, 0.5) is 19.1 Å². The smallest absolute Gasteiger partial charge is 0.406 e. The summed E-state index contributed by atoms with van der Waals surface area (Å²) in [6.45, 7) is 1.85. The number of nitrogens with two attached hydrogens (primary N) is 1. The molecule has 3 rings (SSSR count). The third kappa shape index (κ3) is 3.48. The number of hydrogen-bond acceptors (Lipinski definition) is 4. The number of pyridine rings is 1. The van der Waals surface area contributed by atoms with Gasteiger partial charge in [0.1, 0.15) is 5.75 Å². The number of imidazole rings is 1. The molecule has 0 saturated heterocycles. The first kappa shape index (κ1) is 15.9. The second kappa shape index (κ2) is 5.88. The lowest BCUT2D eigenvalue weighted by atomic mass is 10.1. The summed E-state index contributed by atoms with van der Waals surface area (Å²) in [6, 6.07) is 9.12. The first-order valence-corrected chi connectivity index (χ1v) is 6.96. The summed E-state index contributed by atoms with van der Waals surface area (Å²) in [4.78, 5) is 11.3. The summed E-state index contributed by atoms with van der Waals surface area (Å²) in [6.07, 6.45) is -3.07. The van der Waals surface area contributed by atoms with E-state index in [-0.39, 0.29) is 11.7 Å². The number of nitrogens with zero attached hydrogens (tertiary/aromatic N) is 2. The number of halogens is 3. The molecule has 124 valence electrons. The molecule has 0 saturated carbocycles. The molecule has 0 aliphatic rings. The van der Waals surface area contributed by atoms with Gasteiger partial charge in [0.2, 0.25) is 0 Å². The van der Waals surface area contributed by atoms with E-state index in [1.807, 2.05) is 13.0 Å². The molecule has 24 heavy (non-hydrogen) atoms. The first-order chi connectivity index (χ1) is 11.3. The third-order valence-corrected chi connectivity index (χ3v) is 3.27. The molecule has 0 atom stereocenters. The Balaban J connectivity index is 1.98. The molecule has 0 bridgehead atoms. The lowest BCUT2D eigenvalue weighted by Crippen LogP contribution is -2.16. The molecular formula is C16H13F3N4O. The molecule has 0 radical (unpaired) electrons. The zero-order valence-electron chi connectivity index (χ0n) is 12.6. The molecule has 0 aliphatic heterocycles. The minimum atomic E-state index is -4.72. The van der Waals surface area contributed by atoms with Crippen LogP contribution in [0.2, 0.25) is 0 Å². The van der Waals surface area contributed by atoms with E-state index in [1.54, 1.807) is 12.3 Å². The van der Waals surface area contributed by atoms with Gasteiger partial charge in [0.05, 0.1) is 11.4 Å². The lowest BCUT2D eigenvalue weighted by molar-refractivity contribution is -0.274. The van der Waals surface area contributed by atoms with Gasteiger partial charge in [0.15, 0.2) is 5.95 Å². The highest BCUT2D eigenvalue weighted by atomic mass is 19.4. The van der Waals surface area contributed by atoms with Crippen LogP contribution in [0, 0.1) is 6.92 Å². The fourth-order valence-corrected chi connectivity index (χ4v) is 2.33. The zero-order chi connectivity index (χ0) is 17.3. The first-order valence-electron chi connectivity index (χ1n) is 6.96. The number of hydrogen-bond donors (Lipinski definition) is 2. The monoisotopic (exact) mass is 334 g/mol. The fourth-order valence-electron chi connectivity index (χ4n) is 2.33. The topological polar surface area (TPSA) is 76.8 Å². The summed E-state index contributed by atoms with van der Waals surface area (Å²) < 4.78 is 40.6. The molecule has 0 fully saturated rings. The average Bonchev–Trinajstić information content (AvgIpc) is 2.88. The number of aromatic nitrogens is 3. The van der Waals surface area contributed by atoms with Crippen molar-refractivity contribution < 1.29 is 17.9 Å². The van der Waals surface area contributed by atoms with Crippen molar-refractivity contribution in [2.75, 3.05) is 5.73 Å². The number of nitrogen functional groups attached to an aromatic ring is 1. The van der Waals surface area contributed by atoms with Gasteiger partial charge in [-0.15, -0.1) is 13.2 Å². The minimum absolute atomic E-state index is 0.213. The van der Waals surface area contributed by atoms with Crippen molar-refractivity contribution >= 4 is 5.95 Å². The maximum Gasteiger partial charge on any atom is 0.573 e. The highest BCUT2D eigenvalue weighted by Crippen LogP contribution is 2.32. The van der Waals surface area contributed by atoms with Crippen LogP contribution in [0.25, 0.3) is 22.5 Å². The Morgan fingerprint density at radius 1 is 1.08 bits per heavy atom. The van der Waals surface area contributed by atoms with Gasteiger partial charge in [-0.1, -0.05) is 0 Å². The standard InChI is InChI=1S/C16H13F3N4O/c1-9-8-11(6-7-21-9)14-13(22-15(20)23-14)10-2-4-12(5-3-10)24-16(17,18)19/h2-8H,1H3,(H3,20,22,23). The SMILES string of the molecule is Cc1cc(-c2nc(N)[nH]c2-c2ccc(OC(F)(F)F)cc2)ccn1. The van der Waals surface area contributed by atoms with Crippen molar-refractivity contribution in [2.45, 2.75) is 13.3 Å². The molecule has 0 unspecified atom stereocenters. The number of alkyl halides is 3. The van der Waals surface area contributed by atoms with Gasteiger partial charge in [-0.3, -0.25) is 4.98 Å². The molecule has 3 aromatic rings. The molecule has 0 aliphatic carbocycles. The molecule has 3 N–H and O–H groups in total. The Morgan fingerprint density at radius 3 is 2.42 bits per heavy atom. The number of ether oxygens (including phenoxy) is 1. The number of aryl methyl sites for hydroxylation is 1. The van der Waals surface area contributed by atoms with Gasteiger partial charge in [-0.25, -0.2) is 4.98 Å². The van der Waals surface area contributed by atoms with E-state index in [0.717, 1.165) is 11.3 Å². The predicted octanol–water partition coefficient (Wildman–Crippen LogP) is 3.93. The highest BCUT2D eigenvalue weighted by molar-refractivity contribution is 5.79. The summed E-state index contributed by atoms with van der Waals surface area (Å²) in [7, 11) is 0. The van der Waals surface area contributed by atoms with Crippen molar-refractivity contribution in [1.82, 2.24) is 15.0 Å². The van der Waals surface area contributed by atoms with Gasteiger partial charge in [-0.05, 0) is 43.3 Å². The lowest BCUT2D eigenvalue weighted by Gasteiger charge is -2.09. The predicted molar refractivity (Wildman–Crippen MR) is 83.1 cm³/mol. The Hall–Kier alpha value is -3.03. The fraction of sp³-hybridized carbons (Fsp3) is 0.125. The van der Waals surface area contributed by atoms with Gasteiger partial charge >= 0.3 is 6.36 Å². The van der Waals surface area contributed by atoms with E-state index in [4.69, 9.17) is 5.73 Å². The van der Waals surface area contributed by atoms with E-state index in [1.165, 1.54) is 24.3 Å². The van der Waals surface area contributed by atoms with Crippen LogP contribution in [-0.4, -0.2) is 21.3 Å². The quantitative estimate of drug-likeness (QED) is 0.761. The number of H-pyrrole nitrogens is 1. The Morgan fingerprint density at radius 2 is 1.79 bits per heavy atom. The Labute approximate surface area is 135 Å². The molecule has 8 heteroatoms. The number of benzene rings is 1. The van der Waals surface area contributed by atoms with Gasteiger partial charge in [-0.2, -0.15) is 0 Å². The Kier molecular flexibility index (Phi) is 3.88. The molecule has 2 aromatic heterocycles. The summed E-state index contributed by atoms with van der Waals surface area (Å²) in [5, 5.41) is 0. The van der Waals surface area contributed by atoms with Crippen molar-refractivity contribution in [2.24, 2.45) is 0 Å². The van der Waals surface area contributed by atoms with Crippen LogP contribution in [-0.2, 0) is 0 Å². The van der Waals surface area contributed by atoms with E-state index < -0.39 is 6.36 Å². The number of nitrogens with one attached hydrogen (secondary N) is 1. The second-order valence-electron chi connectivity index (χ2n) is 5.10. The van der Waals surface area contributed by atoms with Crippen LogP contribution in [0.5, 0.6) is 5.75 Å². The average molecular weight is 334 g/mol. The highest BCUT2D eigenvalue weighted by Gasteiger charge is 2.31. The van der Waals surface area contributed by atoms with Crippen LogP contribution in [0.15, 0.2) is 42.6 Å². The van der Waals surface area contributed by atoms with Crippen molar-refractivity contribution in [3.05, 3.63) is 48.3 Å². The Bertz CT molecular complexity index is 857. The molecule has 1 aromatic carbocycles. The van der Waals surface area contributed by atoms with E-state index >= 15 is 0 Å². The van der Waals surface area contributed by atoms with Crippen LogP contribution in [0.3, 0.4) is 0 Å². The van der Waals surface area contributed by atoms with E-state index in [9.17, 15) is 13.2 Å². The molecule has 0 spiro atoms. The van der Waals surface area contributed by atoms with Gasteiger partial charge in [0.25, 0.3) is 0 Å². The maximum absolute atomic E-state index is 12.2. The summed E-state index contributed by atoms with van der Waals surface area (Å²) >= 11 is 0. The maximum atomic E-state index is 12.2. The number of anilines is 1. The molecule has 5 nitrogen and oxygen atoms in total. The normalized spacial score (nSPS) is 11.5. The number of rotatable bonds is 3. The zero-order valence-corrected chi connectivity index (χ0v) is 12.6. The minimum Gasteiger partial charge on any atom is -0.406 e. The largest absolute Gasteiger partial charge is 0.573 e.